The molecular formula is C12H13BrClN3O. The number of hydrogen-bond donors (Lipinski definition) is 1. The molecule has 1 aliphatic heterocycles. The van der Waals surface area contributed by atoms with Gasteiger partial charge in [-0.15, -0.1) is 0 Å². The van der Waals surface area contributed by atoms with Crippen LogP contribution in [-0.4, -0.2) is 30.7 Å². The van der Waals surface area contributed by atoms with Crippen molar-refractivity contribution in [2.24, 2.45) is 0 Å². The number of aromatic nitrogens is 1. The van der Waals surface area contributed by atoms with Crippen LogP contribution in [0.25, 0.3) is 11.1 Å². The number of oxazole rings is 1. The fourth-order valence-electron chi connectivity index (χ4n) is 2.20. The molecule has 6 heteroatoms. The Bertz CT molecular complexity index is 586. The van der Waals surface area contributed by atoms with Crippen molar-refractivity contribution in [2.75, 3.05) is 24.5 Å². The van der Waals surface area contributed by atoms with Gasteiger partial charge in [0.05, 0.1) is 4.47 Å². The van der Waals surface area contributed by atoms with Crippen molar-refractivity contribution < 1.29 is 4.42 Å². The molecule has 3 rings (SSSR count). The number of fused-ring (bicyclic) bond motifs is 1. The predicted octanol–water partition coefficient (Wildman–Crippen LogP) is 3.04. The number of halogens is 2. The second-order valence-corrected chi connectivity index (χ2v) is 5.77. The summed E-state index contributed by atoms with van der Waals surface area (Å²) in [6.07, 6.45) is 0. The van der Waals surface area contributed by atoms with Crippen molar-refractivity contribution in [1.29, 1.82) is 0 Å². The molecule has 2 aromatic rings. The highest BCUT2D eigenvalue weighted by molar-refractivity contribution is 9.10. The van der Waals surface area contributed by atoms with Crippen LogP contribution in [0.1, 0.15) is 6.92 Å². The lowest BCUT2D eigenvalue weighted by Crippen LogP contribution is -2.50. The summed E-state index contributed by atoms with van der Waals surface area (Å²) in [6, 6.07) is 4.68. The molecule has 1 N–H and O–H groups in total. The van der Waals surface area contributed by atoms with E-state index in [-0.39, 0.29) is 0 Å². The highest BCUT2D eigenvalue weighted by Crippen LogP contribution is 2.32. The third kappa shape index (κ3) is 2.11. The first-order valence-electron chi connectivity index (χ1n) is 5.88. The fourth-order valence-corrected chi connectivity index (χ4v) is 3.07. The van der Waals surface area contributed by atoms with Crippen LogP contribution >= 0.6 is 27.5 Å². The normalized spacial score (nSPS) is 20.6. The molecule has 1 atom stereocenters. The van der Waals surface area contributed by atoms with Crippen LogP contribution < -0.4 is 10.2 Å². The summed E-state index contributed by atoms with van der Waals surface area (Å²) in [5.74, 6) is 0. The summed E-state index contributed by atoms with van der Waals surface area (Å²) in [7, 11) is 0. The van der Waals surface area contributed by atoms with Gasteiger partial charge < -0.3 is 14.6 Å². The Kier molecular flexibility index (Phi) is 3.21. The zero-order valence-corrected chi connectivity index (χ0v) is 12.3. The molecule has 96 valence electrons. The third-order valence-corrected chi connectivity index (χ3v) is 3.95. The van der Waals surface area contributed by atoms with E-state index in [0.29, 0.717) is 17.1 Å². The molecule has 0 radical (unpaired) electrons. The van der Waals surface area contributed by atoms with Crippen molar-refractivity contribution in [3.63, 3.8) is 0 Å². The van der Waals surface area contributed by atoms with Gasteiger partial charge in [0.15, 0.2) is 5.58 Å². The second kappa shape index (κ2) is 4.72. The molecule has 18 heavy (non-hydrogen) atoms. The third-order valence-electron chi connectivity index (χ3n) is 3.15. The minimum atomic E-state index is 0.376. The van der Waals surface area contributed by atoms with E-state index in [1.165, 1.54) is 0 Å². The smallest absolute Gasteiger partial charge is 0.298 e. The highest BCUT2D eigenvalue weighted by atomic mass is 79.9. The first-order valence-corrected chi connectivity index (χ1v) is 7.05. The lowest BCUT2D eigenvalue weighted by molar-refractivity contribution is 0.456. The van der Waals surface area contributed by atoms with Crippen molar-refractivity contribution in [1.82, 2.24) is 10.3 Å². The average Bonchev–Trinajstić information content (AvgIpc) is 2.73. The van der Waals surface area contributed by atoms with Crippen LogP contribution in [0.2, 0.25) is 5.02 Å². The summed E-state index contributed by atoms with van der Waals surface area (Å²) in [6.45, 7) is 4.95. The van der Waals surface area contributed by atoms with Gasteiger partial charge in [0.1, 0.15) is 5.52 Å². The van der Waals surface area contributed by atoms with E-state index >= 15 is 0 Å². The Balaban J connectivity index is 2.05. The second-order valence-electron chi connectivity index (χ2n) is 4.48. The summed E-state index contributed by atoms with van der Waals surface area (Å²) >= 11 is 9.46. The van der Waals surface area contributed by atoms with Crippen molar-refractivity contribution in [3.8, 4) is 0 Å². The zero-order valence-electron chi connectivity index (χ0n) is 9.91. The Hall–Kier alpha value is -0.780. The fraction of sp³-hybridized carbons (Fsp3) is 0.417. The molecular weight excluding hydrogens is 318 g/mol. The lowest BCUT2D eigenvalue weighted by Gasteiger charge is -2.32. The van der Waals surface area contributed by atoms with Gasteiger partial charge in [0.25, 0.3) is 6.01 Å². The molecule has 2 heterocycles. The maximum absolute atomic E-state index is 6.01. The standard InChI is InChI=1S/C12H13BrClN3O/c1-7-6-15-2-3-17(7)12-16-10-5-8(14)4-9(13)11(10)18-12/h4-5,7,15H,2-3,6H2,1H3. The van der Waals surface area contributed by atoms with E-state index in [9.17, 15) is 0 Å². The monoisotopic (exact) mass is 329 g/mol. The molecule has 0 spiro atoms. The van der Waals surface area contributed by atoms with E-state index in [4.69, 9.17) is 16.0 Å². The largest absolute Gasteiger partial charge is 0.422 e. The lowest BCUT2D eigenvalue weighted by atomic mass is 10.2. The Morgan fingerprint density at radius 1 is 1.56 bits per heavy atom. The van der Waals surface area contributed by atoms with Crippen LogP contribution in [0.4, 0.5) is 6.01 Å². The van der Waals surface area contributed by atoms with Crippen molar-refractivity contribution in [3.05, 3.63) is 21.6 Å². The molecule has 4 nitrogen and oxygen atoms in total. The highest BCUT2D eigenvalue weighted by Gasteiger charge is 2.23. The molecule has 1 aromatic carbocycles. The number of nitrogens with one attached hydrogen (secondary N) is 1. The van der Waals surface area contributed by atoms with Crippen LogP contribution in [0, 0.1) is 0 Å². The molecule has 1 saturated heterocycles. The van der Waals surface area contributed by atoms with Crippen molar-refractivity contribution >= 4 is 44.6 Å². The molecule has 1 aliphatic rings. The topological polar surface area (TPSA) is 41.3 Å². The van der Waals surface area contributed by atoms with Gasteiger partial charge >= 0.3 is 0 Å². The summed E-state index contributed by atoms with van der Waals surface area (Å²) in [5.41, 5.74) is 1.54. The first-order chi connectivity index (χ1) is 8.65. The van der Waals surface area contributed by atoms with E-state index in [0.717, 1.165) is 35.2 Å². The Labute approximate surface area is 118 Å². The van der Waals surface area contributed by atoms with E-state index in [2.05, 4.69) is 38.1 Å². The maximum Gasteiger partial charge on any atom is 0.298 e. The van der Waals surface area contributed by atoms with Crippen molar-refractivity contribution in [2.45, 2.75) is 13.0 Å². The molecule has 1 unspecified atom stereocenters. The van der Waals surface area contributed by atoms with Gasteiger partial charge in [0.2, 0.25) is 0 Å². The van der Waals surface area contributed by atoms with Crippen LogP contribution in [-0.2, 0) is 0 Å². The van der Waals surface area contributed by atoms with Gasteiger partial charge in [-0.2, -0.15) is 4.98 Å². The quantitative estimate of drug-likeness (QED) is 0.872. The average molecular weight is 331 g/mol. The van der Waals surface area contributed by atoms with Gasteiger partial charge in [-0.1, -0.05) is 11.6 Å². The summed E-state index contributed by atoms with van der Waals surface area (Å²) in [4.78, 5) is 6.70. The predicted molar refractivity (Wildman–Crippen MR) is 76.4 cm³/mol. The first kappa shape index (κ1) is 12.3. The van der Waals surface area contributed by atoms with Gasteiger partial charge in [-0.25, -0.2) is 0 Å². The number of rotatable bonds is 1. The zero-order chi connectivity index (χ0) is 12.7. The molecule has 0 bridgehead atoms. The number of nitrogens with zero attached hydrogens (tertiary/aromatic N) is 2. The van der Waals surface area contributed by atoms with Gasteiger partial charge in [-0.05, 0) is 35.0 Å². The number of benzene rings is 1. The number of hydrogen-bond acceptors (Lipinski definition) is 4. The number of anilines is 1. The van der Waals surface area contributed by atoms with Crippen LogP contribution in [0.15, 0.2) is 21.0 Å². The summed E-state index contributed by atoms with van der Waals surface area (Å²) in [5, 5.41) is 4.00. The minimum absolute atomic E-state index is 0.376. The Morgan fingerprint density at radius 2 is 2.39 bits per heavy atom. The maximum atomic E-state index is 6.01. The molecule has 0 amide bonds. The van der Waals surface area contributed by atoms with E-state index < -0.39 is 0 Å². The van der Waals surface area contributed by atoms with Crippen LogP contribution in [0.3, 0.4) is 0 Å². The summed E-state index contributed by atoms with van der Waals surface area (Å²) < 4.78 is 6.68. The van der Waals surface area contributed by atoms with Gasteiger partial charge in [-0.3, -0.25) is 0 Å². The molecule has 1 fully saturated rings. The molecule has 1 aromatic heterocycles. The Morgan fingerprint density at radius 3 is 3.17 bits per heavy atom. The molecule has 0 saturated carbocycles. The van der Waals surface area contributed by atoms with Crippen LogP contribution in [0.5, 0.6) is 0 Å². The van der Waals surface area contributed by atoms with E-state index in [1.54, 1.807) is 0 Å². The van der Waals surface area contributed by atoms with Gasteiger partial charge in [0, 0.05) is 30.7 Å². The van der Waals surface area contributed by atoms with E-state index in [1.807, 2.05) is 12.1 Å². The minimum Gasteiger partial charge on any atom is -0.422 e. The number of piperazine rings is 1. The SMILES string of the molecule is CC1CNCCN1c1nc2cc(Cl)cc(Br)c2o1. The molecule has 0 aliphatic carbocycles.